The first-order chi connectivity index (χ1) is 12.9. The van der Waals surface area contributed by atoms with Crippen LogP contribution in [-0.2, 0) is 14.9 Å². The number of benzene rings is 1. The molecule has 2 heterocycles. The number of carbonyl (C=O) groups excluding carboxylic acids is 1. The molecular weight excluding hydrogens is 356 g/mol. The third-order valence-corrected chi connectivity index (χ3v) is 4.79. The fourth-order valence-corrected chi connectivity index (χ4v) is 3.57. The summed E-state index contributed by atoms with van der Waals surface area (Å²) in [7, 11) is 0. The summed E-state index contributed by atoms with van der Waals surface area (Å²) in [4.78, 5) is 41.3. The molecule has 0 spiro atoms. The molecule has 3 rings (SSSR count). The van der Waals surface area contributed by atoms with E-state index in [-0.39, 0.29) is 17.8 Å². The quantitative estimate of drug-likeness (QED) is 0.446. The van der Waals surface area contributed by atoms with E-state index in [0.717, 1.165) is 18.9 Å². The van der Waals surface area contributed by atoms with E-state index in [2.05, 4.69) is 9.97 Å². The number of esters is 1. The second kappa shape index (κ2) is 7.14. The van der Waals surface area contributed by atoms with Crippen LogP contribution < -0.4 is 0 Å². The smallest absolute Gasteiger partial charge is 0.350 e. The number of aromatic amines is 1. The minimum absolute atomic E-state index is 0.0827. The van der Waals surface area contributed by atoms with Crippen LogP contribution in [-0.4, -0.2) is 31.9 Å². The number of unbranched alkanes of at least 4 members (excludes halogenated alkanes) is 1. The van der Waals surface area contributed by atoms with Crippen LogP contribution in [0.15, 0.2) is 30.6 Å². The summed E-state index contributed by atoms with van der Waals surface area (Å²) in [5, 5.41) is 23.0. The summed E-state index contributed by atoms with van der Waals surface area (Å²) < 4.78 is 5.50. The van der Waals surface area contributed by atoms with Crippen molar-refractivity contribution < 1.29 is 19.4 Å². The Balaban J connectivity index is 2.23. The van der Waals surface area contributed by atoms with E-state index in [1.807, 2.05) is 6.92 Å². The molecule has 0 saturated carbocycles. The minimum Gasteiger partial charge on any atom is -0.461 e. The summed E-state index contributed by atoms with van der Waals surface area (Å²) in [5.41, 5.74) is -3.06. The van der Waals surface area contributed by atoms with Gasteiger partial charge in [-0.2, -0.15) is 0 Å². The highest BCUT2D eigenvalue weighted by Gasteiger charge is 2.57. The lowest BCUT2D eigenvalue weighted by atomic mass is 9.75. The number of hydrogen-bond acceptors (Lipinski definition) is 7. The van der Waals surface area contributed by atoms with Gasteiger partial charge in [-0.15, -0.1) is 0 Å². The first kappa shape index (κ1) is 18.5. The monoisotopic (exact) mass is 374 g/mol. The number of para-hydroxylation sites is 1. The van der Waals surface area contributed by atoms with Gasteiger partial charge in [0, 0.05) is 24.9 Å². The van der Waals surface area contributed by atoms with Crippen LogP contribution in [0.4, 0.5) is 11.4 Å². The molecule has 1 N–H and O–H groups in total. The van der Waals surface area contributed by atoms with Gasteiger partial charge in [0.1, 0.15) is 11.9 Å². The van der Waals surface area contributed by atoms with Crippen LogP contribution in [0.1, 0.15) is 44.0 Å². The molecule has 0 radical (unpaired) electrons. The second-order valence-electron chi connectivity index (χ2n) is 6.40. The number of hydrogen-bond donors (Lipinski definition) is 1. The second-order valence-corrected chi connectivity index (χ2v) is 6.40. The average Bonchev–Trinajstić information content (AvgIpc) is 3.27. The molecule has 1 aromatic carbocycles. The highest BCUT2D eigenvalue weighted by molar-refractivity contribution is 5.91. The molecule has 2 aromatic rings. The van der Waals surface area contributed by atoms with Crippen molar-refractivity contribution in [2.24, 2.45) is 0 Å². The largest absolute Gasteiger partial charge is 0.461 e. The van der Waals surface area contributed by atoms with E-state index >= 15 is 0 Å². The highest BCUT2D eigenvalue weighted by Crippen LogP contribution is 2.48. The first-order valence-electron chi connectivity index (χ1n) is 8.55. The number of imidazole rings is 1. The SMILES string of the molecule is CCCCC1CC(c2ncc[nH]2)(c2cccc([N+](=O)[O-])c2[N+](=O)[O-])C(=O)O1. The molecule has 142 valence electrons. The maximum absolute atomic E-state index is 12.9. The van der Waals surface area contributed by atoms with E-state index in [1.54, 1.807) is 0 Å². The number of nitro benzene ring substituents is 2. The molecule has 2 unspecified atom stereocenters. The maximum atomic E-state index is 12.9. The van der Waals surface area contributed by atoms with Crippen LogP contribution >= 0.6 is 0 Å². The van der Waals surface area contributed by atoms with Gasteiger partial charge in [0.05, 0.1) is 15.4 Å². The van der Waals surface area contributed by atoms with Gasteiger partial charge in [0.2, 0.25) is 0 Å². The summed E-state index contributed by atoms with van der Waals surface area (Å²) in [6.45, 7) is 2.00. The van der Waals surface area contributed by atoms with Crippen molar-refractivity contribution in [2.45, 2.75) is 44.1 Å². The van der Waals surface area contributed by atoms with Crippen molar-refractivity contribution in [3.05, 3.63) is 62.2 Å². The Bertz CT molecular complexity index is 882. The van der Waals surface area contributed by atoms with E-state index in [1.165, 1.54) is 24.5 Å². The Morgan fingerprint density at radius 3 is 2.70 bits per heavy atom. The van der Waals surface area contributed by atoms with Crippen molar-refractivity contribution in [2.75, 3.05) is 0 Å². The molecule has 1 fully saturated rings. The molecule has 10 nitrogen and oxygen atoms in total. The van der Waals surface area contributed by atoms with E-state index in [0.29, 0.717) is 6.42 Å². The van der Waals surface area contributed by atoms with Crippen molar-refractivity contribution in [3.63, 3.8) is 0 Å². The van der Waals surface area contributed by atoms with Gasteiger partial charge in [-0.3, -0.25) is 25.0 Å². The molecule has 27 heavy (non-hydrogen) atoms. The van der Waals surface area contributed by atoms with E-state index < -0.39 is 38.7 Å². The van der Waals surface area contributed by atoms with Gasteiger partial charge >= 0.3 is 17.3 Å². The summed E-state index contributed by atoms with van der Waals surface area (Å²) in [6.07, 6.45) is 4.93. The van der Waals surface area contributed by atoms with Gasteiger partial charge in [0.25, 0.3) is 0 Å². The number of nitrogens with one attached hydrogen (secondary N) is 1. The molecule has 1 aromatic heterocycles. The van der Waals surface area contributed by atoms with Gasteiger partial charge in [-0.1, -0.05) is 25.8 Å². The number of aromatic nitrogens is 2. The minimum atomic E-state index is -1.59. The van der Waals surface area contributed by atoms with Crippen molar-refractivity contribution in [1.82, 2.24) is 9.97 Å². The summed E-state index contributed by atoms with van der Waals surface area (Å²) in [5.74, 6) is -0.516. The summed E-state index contributed by atoms with van der Waals surface area (Å²) in [6, 6.07) is 3.74. The lowest BCUT2D eigenvalue weighted by Crippen LogP contribution is -2.35. The van der Waals surface area contributed by atoms with Gasteiger partial charge in [-0.05, 0) is 12.5 Å². The Morgan fingerprint density at radius 1 is 1.33 bits per heavy atom. The molecule has 1 saturated heterocycles. The van der Waals surface area contributed by atoms with Crippen molar-refractivity contribution >= 4 is 17.3 Å². The van der Waals surface area contributed by atoms with E-state index in [9.17, 15) is 25.0 Å². The lowest BCUT2D eigenvalue weighted by Gasteiger charge is -2.22. The Morgan fingerprint density at radius 2 is 2.11 bits per heavy atom. The van der Waals surface area contributed by atoms with Gasteiger partial charge in [-0.25, -0.2) is 4.98 Å². The molecule has 2 atom stereocenters. The predicted molar refractivity (Wildman–Crippen MR) is 93.1 cm³/mol. The third kappa shape index (κ3) is 3.03. The first-order valence-corrected chi connectivity index (χ1v) is 8.55. The Kier molecular flexibility index (Phi) is 4.89. The fourth-order valence-electron chi connectivity index (χ4n) is 3.57. The molecule has 1 aliphatic rings. The summed E-state index contributed by atoms with van der Waals surface area (Å²) >= 11 is 0. The fraction of sp³-hybridized carbons (Fsp3) is 0.412. The van der Waals surface area contributed by atoms with Crippen LogP contribution in [0.3, 0.4) is 0 Å². The molecule has 0 bridgehead atoms. The Hall–Kier alpha value is -3.30. The highest BCUT2D eigenvalue weighted by atomic mass is 16.6. The van der Waals surface area contributed by atoms with Crippen molar-refractivity contribution in [1.29, 1.82) is 0 Å². The van der Waals surface area contributed by atoms with Crippen LogP contribution in [0, 0.1) is 20.2 Å². The van der Waals surface area contributed by atoms with Crippen LogP contribution in [0.5, 0.6) is 0 Å². The number of H-pyrrole nitrogens is 1. The molecular formula is C17H18N4O6. The topological polar surface area (TPSA) is 141 Å². The molecule has 10 heteroatoms. The van der Waals surface area contributed by atoms with Gasteiger partial charge in [0.15, 0.2) is 5.41 Å². The molecule has 0 aliphatic carbocycles. The van der Waals surface area contributed by atoms with Crippen molar-refractivity contribution in [3.8, 4) is 0 Å². The predicted octanol–water partition coefficient (Wildman–Crippen LogP) is 3.02. The Labute approximate surface area is 153 Å². The number of nitrogens with zero attached hydrogens (tertiary/aromatic N) is 3. The van der Waals surface area contributed by atoms with E-state index in [4.69, 9.17) is 4.74 Å². The average molecular weight is 374 g/mol. The lowest BCUT2D eigenvalue weighted by molar-refractivity contribution is -0.423. The zero-order valence-corrected chi connectivity index (χ0v) is 14.6. The molecule has 1 aliphatic heterocycles. The van der Waals surface area contributed by atoms with Crippen LogP contribution in [0.2, 0.25) is 0 Å². The number of cyclic esters (lactones) is 1. The third-order valence-electron chi connectivity index (χ3n) is 4.79. The number of ether oxygens (including phenoxy) is 1. The van der Waals surface area contributed by atoms with Crippen LogP contribution in [0.25, 0.3) is 0 Å². The van der Waals surface area contributed by atoms with Gasteiger partial charge < -0.3 is 9.72 Å². The number of nitro groups is 2. The zero-order chi connectivity index (χ0) is 19.6. The zero-order valence-electron chi connectivity index (χ0n) is 14.6. The number of rotatable bonds is 7. The normalized spacial score (nSPS) is 21.8. The molecule has 0 amide bonds. The number of carbonyl (C=O) groups is 1. The standard InChI is InChI=1S/C17H18N4O6/c1-2-3-5-11-10-17(16(22)27-11,15-18-8-9-19-15)12-6-4-7-13(20(23)24)14(12)21(25)26/h4,6-9,11H,2-3,5,10H2,1H3,(H,18,19). The maximum Gasteiger partial charge on any atom is 0.350 e.